The van der Waals surface area contributed by atoms with E-state index in [2.05, 4.69) is 0 Å². The molecule has 0 saturated heterocycles. The van der Waals surface area contributed by atoms with Gasteiger partial charge in [-0.05, 0) is 11.0 Å². The third kappa shape index (κ3) is 2.30. The fourth-order valence-corrected chi connectivity index (χ4v) is 3.37. The molecule has 3 rings (SSSR count). The standard InChI is InChI=1S/C17H15NOS/c18-17(10-11-20-12-17)15-9-5-4-8-14(15)16(19)13-6-2-1-3-7-13/h1-11H,12,18H2. The average molecular weight is 281 g/mol. The maximum atomic E-state index is 12.7. The topological polar surface area (TPSA) is 43.1 Å². The summed E-state index contributed by atoms with van der Waals surface area (Å²) in [6.45, 7) is 0. The lowest BCUT2D eigenvalue weighted by Gasteiger charge is -2.24. The molecule has 1 aliphatic rings. The molecule has 2 N–H and O–H groups in total. The number of thioether (sulfide) groups is 1. The minimum absolute atomic E-state index is 0.0244. The van der Waals surface area contributed by atoms with E-state index < -0.39 is 5.54 Å². The molecular weight excluding hydrogens is 266 g/mol. The first kappa shape index (κ1) is 13.2. The van der Waals surface area contributed by atoms with Crippen molar-refractivity contribution in [1.82, 2.24) is 0 Å². The monoisotopic (exact) mass is 281 g/mol. The third-order valence-electron chi connectivity index (χ3n) is 3.49. The van der Waals surface area contributed by atoms with Crippen molar-refractivity contribution in [3.63, 3.8) is 0 Å². The molecule has 0 radical (unpaired) electrons. The summed E-state index contributed by atoms with van der Waals surface area (Å²) in [4.78, 5) is 12.7. The molecule has 0 aromatic heterocycles. The number of carbonyl (C=O) groups excluding carboxylic acids is 1. The highest BCUT2D eigenvalue weighted by molar-refractivity contribution is 8.02. The second kappa shape index (κ2) is 5.27. The molecule has 0 fully saturated rings. The highest BCUT2D eigenvalue weighted by Crippen LogP contribution is 2.34. The van der Waals surface area contributed by atoms with E-state index in [-0.39, 0.29) is 5.78 Å². The molecule has 1 heterocycles. The number of rotatable bonds is 3. The van der Waals surface area contributed by atoms with Crippen molar-refractivity contribution in [2.75, 3.05) is 5.75 Å². The van der Waals surface area contributed by atoms with E-state index in [1.54, 1.807) is 11.8 Å². The Morgan fingerprint density at radius 3 is 2.45 bits per heavy atom. The summed E-state index contributed by atoms with van der Waals surface area (Å²) in [7, 11) is 0. The van der Waals surface area contributed by atoms with Crippen molar-refractivity contribution in [1.29, 1.82) is 0 Å². The zero-order valence-corrected chi connectivity index (χ0v) is 11.8. The Morgan fingerprint density at radius 2 is 1.75 bits per heavy atom. The number of nitrogens with two attached hydrogens (primary N) is 1. The van der Waals surface area contributed by atoms with Crippen LogP contribution in [0.4, 0.5) is 0 Å². The highest BCUT2D eigenvalue weighted by atomic mass is 32.2. The van der Waals surface area contributed by atoms with Crippen molar-refractivity contribution in [3.8, 4) is 0 Å². The summed E-state index contributed by atoms with van der Waals surface area (Å²) >= 11 is 1.68. The van der Waals surface area contributed by atoms with Crippen LogP contribution in [0.2, 0.25) is 0 Å². The first-order chi connectivity index (χ1) is 9.71. The Morgan fingerprint density at radius 1 is 1.05 bits per heavy atom. The van der Waals surface area contributed by atoms with E-state index >= 15 is 0 Å². The van der Waals surface area contributed by atoms with Gasteiger partial charge in [-0.15, -0.1) is 11.8 Å². The highest BCUT2D eigenvalue weighted by Gasteiger charge is 2.31. The van der Waals surface area contributed by atoms with E-state index in [0.717, 1.165) is 11.3 Å². The Hall–Kier alpha value is -1.84. The number of hydrogen-bond donors (Lipinski definition) is 1. The molecule has 100 valence electrons. The van der Waals surface area contributed by atoms with Gasteiger partial charge in [-0.3, -0.25) is 4.79 Å². The largest absolute Gasteiger partial charge is 0.317 e. The molecule has 2 aromatic carbocycles. The molecule has 2 nitrogen and oxygen atoms in total. The number of carbonyl (C=O) groups is 1. The summed E-state index contributed by atoms with van der Waals surface area (Å²) in [6.07, 6.45) is 1.98. The van der Waals surface area contributed by atoms with Gasteiger partial charge >= 0.3 is 0 Å². The van der Waals surface area contributed by atoms with Crippen molar-refractivity contribution < 1.29 is 4.79 Å². The van der Waals surface area contributed by atoms with Gasteiger partial charge in [0.2, 0.25) is 0 Å². The van der Waals surface area contributed by atoms with Gasteiger partial charge in [-0.1, -0.05) is 60.7 Å². The zero-order chi connectivity index (χ0) is 14.0. The quantitative estimate of drug-likeness (QED) is 0.878. The third-order valence-corrected chi connectivity index (χ3v) is 4.47. The van der Waals surface area contributed by atoms with Gasteiger partial charge in [0.15, 0.2) is 5.78 Å². The predicted molar refractivity (Wildman–Crippen MR) is 83.8 cm³/mol. The normalized spacial score (nSPS) is 21.1. The molecule has 20 heavy (non-hydrogen) atoms. The molecule has 3 heteroatoms. The summed E-state index contributed by atoms with van der Waals surface area (Å²) in [5.74, 6) is 0.794. The zero-order valence-electron chi connectivity index (χ0n) is 11.0. The van der Waals surface area contributed by atoms with Gasteiger partial charge in [0.1, 0.15) is 0 Å². The first-order valence-corrected chi connectivity index (χ1v) is 7.53. The van der Waals surface area contributed by atoms with Gasteiger partial charge in [0.05, 0.1) is 5.54 Å². The van der Waals surface area contributed by atoms with E-state index in [1.807, 2.05) is 66.1 Å². The van der Waals surface area contributed by atoms with Crippen LogP contribution in [-0.4, -0.2) is 11.5 Å². The maximum Gasteiger partial charge on any atom is 0.193 e. The molecule has 0 spiro atoms. The lowest BCUT2D eigenvalue weighted by atomic mass is 9.86. The number of ketones is 1. The van der Waals surface area contributed by atoms with Crippen molar-refractivity contribution in [2.45, 2.75) is 5.54 Å². The van der Waals surface area contributed by atoms with Gasteiger partial charge < -0.3 is 5.73 Å². The Bertz CT molecular complexity index is 666. The van der Waals surface area contributed by atoms with Crippen LogP contribution in [0.5, 0.6) is 0 Å². The molecular formula is C17H15NOS. The fraction of sp³-hybridized carbons (Fsp3) is 0.118. The minimum atomic E-state index is -0.550. The van der Waals surface area contributed by atoms with Gasteiger partial charge in [-0.25, -0.2) is 0 Å². The summed E-state index contributed by atoms with van der Waals surface area (Å²) < 4.78 is 0. The van der Waals surface area contributed by atoms with E-state index in [1.165, 1.54) is 0 Å². The number of benzene rings is 2. The van der Waals surface area contributed by atoms with Crippen LogP contribution in [0, 0.1) is 0 Å². The average Bonchev–Trinajstić information content (AvgIpc) is 2.95. The Kier molecular flexibility index (Phi) is 3.47. The van der Waals surface area contributed by atoms with Crippen LogP contribution in [0.15, 0.2) is 66.1 Å². The minimum Gasteiger partial charge on any atom is -0.317 e. The van der Waals surface area contributed by atoms with E-state index in [4.69, 9.17) is 5.73 Å². The van der Waals surface area contributed by atoms with Crippen LogP contribution in [0.1, 0.15) is 21.5 Å². The van der Waals surface area contributed by atoms with Crippen LogP contribution in [0.25, 0.3) is 0 Å². The van der Waals surface area contributed by atoms with Crippen molar-refractivity contribution in [3.05, 3.63) is 82.8 Å². The number of hydrogen-bond acceptors (Lipinski definition) is 3. The van der Waals surface area contributed by atoms with Crippen LogP contribution in [0.3, 0.4) is 0 Å². The lowest BCUT2D eigenvalue weighted by Crippen LogP contribution is -2.36. The Labute approximate surface area is 122 Å². The predicted octanol–water partition coefficient (Wildman–Crippen LogP) is 3.33. The van der Waals surface area contributed by atoms with Gasteiger partial charge in [0.25, 0.3) is 0 Å². The molecule has 0 aliphatic carbocycles. The SMILES string of the molecule is NC1(c2ccccc2C(=O)c2ccccc2)C=CSC1. The van der Waals surface area contributed by atoms with Crippen molar-refractivity contribution in [2.24, 2.45) is 5.73 Å². The van der Waals surface area contributed by atoms with Gasteiger partial charge in [-0.2, -0.15) is 0 Å². The van der Waals surface area contributed by atoms with Crippen molar-refractivity contribution >= 4 is 17.5 Å². The fourth-order valence-electron chi connectivity index (χ4n) is 2.40. The molecule has 0 bridgehead atoms. The molecule has 0 saturated carbocycles. The molecule has 1 atom stereocenters. The summed E-state index contributed by atoms with van der Waals surface area (Å²) in [5.41, 5.74) is 8.17. The second-order valence-corrected chi connectivity index (χ2v) is 5.79. The maximum absolute atomic E-state index is 12.7. The smallest absolute Gasteiger partial charge is 0.193 e. The van der Waals surface area contributed by atoms with Crippen LogP contribution in [-0.2, 0) is 5.54 Å². The summed E-state index contributed by atoms with van der Waals surface area (Å²) in [6, 6.07) is 16.9. The molecule has 2 aromatic rings. The molecule has 0 amide bonds. The first-order valence-electron chi connectivity index (χ1n) is 6.48. The molecule has 1 unspecified atom stereocenters. The molecule has 1 aliphatic heterocycles. The van der Waals surface area contributed by atoms with E-state index in [0.29, 0.717) is 11.1 Å². The van der Waals surface area contributed by atoms with E-state index in [9.17, 15) is 4.79 Å². The van der Waals surface area contributed by atoms with Crippen LogP contribution >= 0.6 is 11.8 Å². The lowest BCUT2D eigenvalue weighted by molar-refractivity contribution is 0.103. The van der Waals surface area contributed by atoms with Gasteiger partial charge in [0, 0.05) is 16.9 Å². The Balaban J connectivity index is 2.07. The van der Waals surface area contributed by atoms with Crippen LogP contribution < -0.4 is 5.73 Å². The summed E-state index contributed by atoms with van der Waals surface area (Å²) in [5, 5.41) is 2.00. The second-order valence-electron chi connectivity index (χ2n) is 4.89.